The average molecular weight is 405 g/mol. The minimum Gasteiger partial charge on any atom is -0.354 e. The second kappa shape index (κ2) is 9.90. The van der Waals surface area contributed by atoms with Crippen LogP contribution in [0.1, 0.15) is 29.6 Å². The first-order chi connectivity index (χ1) is 10.6. The predicted octanol–water partition coefficient (Wildman–Crippen LogP) is 2.20. The molecule has 1 aliphatic rings. The first-order valence-corrected chi connectivity index (χ1v) is 8.41. The number of carbonyl (C=O) groups excluding carboxylic acids is 2. The Bertz CT molecular complexity index is 525. The van der Waals surface area contributed by atoms with Crippen LogP contribution < -0.4 is 10.6 Å². The molecule has 2 amide bonds. The third-order valence-electron chi connectivity index (χ3n) is 3.81. The molecule has 1 unspecified atom stereocenters. The van der Waals surface area contributed by atoms with Gasteiger partial charge < -0.3 is 15.5 Å². The second-order valence-electron chi connectivity index (χ2n) is 5.41. The molecule has 1 saturated heterocycles. The lowest BCUT2D eigenvalue weighted by atomic mass is 10.1. The number of halogens is 2. The second-order valence-corrected chi connectivity index (χ2v) is 6.33. The van der Waals surface area contributed by atoms with E-state index in [2.05, 4.69) is 26.6 Å². The molecule has 0 bridgehead atoms. The number of hydrogen-bond donors (Lipinski definition) is 2. The van der Waals surface area contributed by atoms with E-state index in [0.29, 0.717) is 18.7 Å². The summed E-state index contributed by atoms with van der Waals surface area (Å²) in [4.78, 5) is 26.5. The van der Waals surface area contributed by atoms with Crippen molar-refractivity contribution in [3.8, 4) is 0 Å². The van der Waals surface area contributed by atoms with Gasteiger partial charge in [-0.2, -0.15) is 0 Å². The molecule has 128 valence electrons. The maximum absolute atomic E-state index is 12.6. The SMILES string of the molecule is CNCCCNC(=O)C1CCCN1C(=O)c1ccc(Br)cc1.Cl. The molecule has 0 saturated carbocycles. The van der Waals surface area contributed by atoms with Gasteiger partial charge in [-0.25, -0.2) is 0 Å². The van der Waals surface area contributed by atoms with Gasteiger partial charge in [0.2, 0.25) is 5.91 Å². The molecule has 1 fully saturated rings. The summed E-state index contributed by atoms with van der Waals surface area (Å²) >= 11 is 3.36. The van der Waals surface area contributed by atoms with Crippen molar-refractivity contribution in [3.63, 3.8) is 0 Å². The minimum absolute atomic E-state index is 0. The van der Waals surface area contributed by atoms with Gasteiger partial charge in [0.25, 0.3) is 5.91 Å². The first-order valence-electron chi connectivity index (χ1n) is 7.62. The maximum Gasteiger partial charge on any atom is 0.254 e. The number of rotatable bonds is 6. The van der Waals surface area contributed by atoms with E-state index in [-0.39, 0.29) is 30.3 Å². The van der Waals surface area contributed by atoms with Gasteiger partial charge in [0.1, 0.15) is 6.04 Å². The highest BCUT2D eigenvalue weighted by atomic mass is 79.9. The van der Waals surface area contributed by atoms with Crippen molar-refractivity contribution in [2.45, 2.75) is 25.3 Å². The highest BCUT2D eigenvalue weighted by Gasteiger charge is 2.34. The zero-order chi connectivity index (χ0) is 15.9. The van der Waals surface area contributed by atoms with Crippen molar-refractivity contribution in [1.29, 1.82) is 0 Å². The first kappa shape index (κ1) is 19.9. The van der Waals surface area contributed by atoms with E-state index in [1.807, 2.05) is 19.2 Å². The average Bonchev–Trinajstić information content (AvgIpc) is 3.01. The zero-order valence-electron chi connectivity index (χ0n) is 13.2. The largest absolute Gasteiger partial charge is 0.354 e. The summed E-state index contributed by atoms with van der Waals surface area (Å²) in [5.74, 6) is -0.112. The third kappa shape index (κ3) is 5.48. The van der Waals surface area contributed by atoms with Crippen LogP contribution in [0.2, 0.25) is 0 Å². The third-order valence-corrected chi connectivity index (χ3v) is 4.34. The standard InChI is InChI=1S/C16H22BrN3O2.ClH/c1-18-9-3-10-19-15(21)14-4-2-11-20(14)16(22)12-5-7-13(17)8-6-12;/h5-8,14,18H,2-4,9-11H2,1H3,(H,19,21);1H. The Kier molecular flexibility index (Phi) is 8.58. The topological polar surface area (TPSA) is 61.4 Å². The molecule has 0 aromatic heterocycles. The number of nitrogens with zero attached hydrogens (tertiary/aromatic N) is 1. The predicted molar refractivity (Wildman–Crippen MR) is 97.0 cm³/mol. The molecule has 1 aromatic carbocycles. The molecule has 23 heavy (non-hydrogen) atoms. The Morgan fingerprint density at radius 3 is 2.61 bits per heavy atom. The smallest absolute Gasteiger partial charge is 0.254 e. The van der Waals surface area contributed by atoms with Gasteiger partial charge in [0, 0.05) is 23.1 Å². The molecule has 1 heterocycles. The van der Waals surface area contributed by atoms with Gasteiger partial charge in [0.15, 0.2) is 0 Å². The van der Waals surface area contributed by atoms with E-state index >= 15 is 0 Å². The molecule has 1 aliphatic heterocycles. The fourth-order valence-electron chi connectivity index (χ4n) is 2.64. The quantitative estimate of drug-likeness (QED) is 0.715. The highest BCUT2D eigenvalue weighted by Crippen LogP contribution is 2.21. The summed E-state index contributed by atoms with van der Waals surface area (Å²) in [5, 5.41) is 5.97. The summed E-state index contributed by atoms with van der Waals surface area (Å²) in [6.07, 6.45) is 2.49. The van der Waals surface area contributed by atoms with Crippen LogP contribution in [-0.4, -0.2) is 49.4 Å². The van der Waals surface area contributed by atoms with Crippen molar-refractivity contribution >= 4 is 40.2 Å². The summed E-state index contributed by atoms with van der Waals surface area (Å²) in [6, 6.07) is 6.91. The lowest BCUT2D eigenvalue weighted by molar-refractivity contribution is -0.124. The normalized spacial score (nSPS) is 16.8. The molecule has 2 rings (SSSR count). The van der Waals surface area contributed by atoms with Crippen LogP contribution in [0.4, 0.5) is 0 Å². The van der Waals surface area contributed by atoms with Gasteiger partial charge in [-0.15, -0.1) is 12.4 Å². The number of benzene rings is 1. The Morgan fingerprint density at radius 2 is 1.96 bits per heavy atom. The van der Waals surface area contributed by atoms with E-state index in [4.69, 9.17) is 0 Å². The van der Waals surface area contributed by atoms with Gasteiger partial charge in [-0.05, 0) is 57.1 Å². The van der Waals surface area contributed by atoms with Crippen LogP contribution in [0.25, 0.3) is 0 Å². The number of likely N-dealkylation sites (tertiary alicyclic amines) is 1. The summed E-state index contributed by atoms with van der Waals surface area (Å²) < 4.78 is 0.935. The molecule has 0 aliphatic carbocycles. The van der Waals surface area contributed by atoms with E-state index in [0.717, 1.165) is 30.3 Å². The van der Waals surface area contributed by atoms with Crippen molar-refractivity contribution in [3.05, 3.63) is 34.3 Å². The lowest BCUT2D eigenvalue weighted by Crippen LogP contribution is -2.46. The van der Waals surface area contributed by atoms with Crippen molar-refractivity contribution in [2.24, 2.45) is 0 Å². The molecule has 0 radical (unpaired) electrons. The number of hydrogen-bond acceptors (Lipinski definition) is 3. The fourth-order valence-corrected chi connectivity index (χ4v) is 2.90. The fraction of sp³-hybridized carbons (Fsp3) is 0.500. The Hall–Kier alpha value is -1.11. The maximum atomic E-state index is 12.6. The number of carbonyl (C=O) groups is 2. The molecule has 1 aromatic rings. The Balaban J connectivity index is 0.00000264. The number of amides is 2. The van der Waals surface area contributed by atoms with Gasteiger partial charge in [0.05, 0.1) is 0 Å². The van der Waals surface area contributed by atoms with E-state index < -0.39 is 0 Å². The van der Waals surface area contributed by atoms with Crippen LogP contribution in [0.15, 0.2) is 28.7 Å². The van der Waals surface area contributed by atoms with Gasteiger partial charge >= 0.3 is 0 Å². The van der Waals surface area contributed by atoms with E-state index in [1.165, 1.54) is 0 Å². The summed E-state index contributed by atoms with van der Waals surface area (Å²) in [7, 11) is 1.89. The monoisotopic (exact) mass is 403 g/mol. The zero-order valence-corrected chi connectivity index (χ0v) is 15.6. The lowest BCUT2D eigenvalue weighted by Gasteiger charge is -2.24. The molecule has 7 heteroatoms. The Morgan fingerprint density at radius 1 is 1.26 bits per heavy atom. The van der Waals surface area contributed by atoms with Crippen LogP contribution in [0.3, 0.4) is 0 Å². The molecule has 1 atom stereocenters. The Labute approximate surface area is 151 Å². The summed E-state index contributed by atoms with van der Waals surface area (Å²) in [6.45, 7) is 2.15. The van der Waals surface area contributed by atoms with Crippen molar-refractivity contribution < 1.29 is 9.59 Å². The van der Waals surface area contributed by atoms with Crippen LogP contribution in [0, 0.1) is 0 Å². The van der Waals surface area contributed by atoms with Crippen LogP contribution >= 0.6 is 28.3 Å². The molecule has 0 spiro atoms. The van der Waals surface area contributed by atoms with E-state index in [1.54, 1.807) is 17.0 Å². The molecular weight excluding hydrogens is 382 g/mol. The number of nitrogens with one attached hydrogen (secondary N) is 2. The minimum atomic E-state index is -0.342. The van der Waals surface area contributed by atoms with Crippen LogP contribution in [0.5, 0.6) is 0 Å². The van der Waals surface area contributed by atoms with Crippen molar-refractivity contribution in [1.82, 2.24) is 15.5 Å². The molecule has 2 N–H and O–H groups in total. The molecular formula is C16H23BrClN3O2. The van der Waals surface area contributed by atoms with Gasteiger partial charge in [-0.3, -0.25) is 9.59 Å². The summed E-state index contributed by atoms with van der Waals surface area (Å²) in [5.41, 5.74) is 0.623. The molecule has 5 nitrogen and oxygen atoms in total. The van der Waals surface area contributed by atoms with Crippen LogP contribution in [-0.2, 0) is 4.79 Å². The highest BCUT2D eigenvalue weighted by molar-refractivity contribution is 9.10. The van der Waals surface area contributed by atoms with Crippen molar-refractivity contribution in [2.75, 3.05) is 26.7 Å². The van der Waals surface area contributed by atoms with E-state index in [9.17, 15) is 9.59 Å². The van der Waals surface area contributed by atoms with Gasteiger partial charge in [-0.1, -0.05) is 15.9 Å².